The first-order chi connectivity index (χ1) is 15.8. The van der Waals surface area contributed by atoms with Crippen molar-refractivity contribution in [2.24, 2.45) is 23.2 Å². The van der Waals surface area contributed by atoms with Crippen LogP contribution in [0, 0.1) is 23.2 Å². The Hall–Kier alpha value is -1.43. The van der Waals surface area contributed by atoms with Gasteiger partial charge in [-0.1, -0.05) is 71.0 Å². The highest BCUT2D eigenvalue weighted by Gasteiger charge is 2.50. The van der Waals surface area contributed by atoms with Gasteiger partial charge in [-0.2, -0.15) is 0 Å². The van der Waals surface area contributed by atoms with E-state index in [1.807, 2.05) is 32.0 Å². The van der Waals surface area contributed by atoms with Crippen molar-refractivity contribution in [3.8, 4) is 0 Å². The maximum atomic E-state index is 12.7. The highest BCUT2D eigenvalue weighted by molar-refractivity contribution is 6.74. The van der Waals surface area contributed by atoms with Crippen LogP contribution in [0.3, 0.4) is 0 Å². The van der Waals surface area contributed by atoms with Crippen molar-refractivity contribution < 1.29 is 18.7 Å². The molecule has 5 atom stereocenters. The number of hydrogen-bond donors (Lipinski definition) is 0. The smallest absolute Gasteiger partial charge is 0.308 e. The van der Waals surface area contributed by atoms with Gasteiger partial charge in [0.2, 0.25) is 0 Å². The minimum Gasteiger partial charge on any atom is -0.466 e. The average Bonchev–Trinajstić information content (AvgIpc) is 2.77. The minimum absolute atomic E-state index is 0.108. The summed E-state index contributed by atoms with van der Waals surface area (Å²) in [5, 5.41) is 0.140. The van der Waals surface area contributed by atoms with Gasteiger partial charge in [0, 0.05) is 12.7 Å². The predicted molar refractivity (Wildman–Crippen MR) is 143 cm³/mol. The lowest BCUT2D eigenvalue weighted by molar-refractivity contribution is -0.153. The van der Waals surface area contributed by atoms with Gasteiger partial charge < -0.3 is 13.9 Å². The zero-order chi connectivity index (χ0) is 25.6. The summed E-state index contributed by atoms with van der Waals surface area (Å²) in [6, 6.07) is 10.3. The molecule has 1 saturated carbocycles. The summed E-state index contributed by atoms with van der Waals surface area (Å²) in [7, 11) is -1.96. The van der Waals surface area contributed by atoms with Gasteiger partial charge in [0.25, 0.3) is 0 Å². The van der Waals surface area contributed by atoms with E-state index in [0.29, 0.717) is 25.7 Å². The van der Waals surface area contributed by atoms with Gasteiger partial charge in [0.05, 0.1) is 19.1 Å². The Labute approximate surface area is 209 Å². The van der Waals surface area contributed by atoms with Gasteiger partial charge in [0.15, 0.2) is 8.32 Å². The summed E-state index contributed by atoms with van der Waals surface area (Å²) in [6.07, 6.45) is 4.90. The zero-order valence-electron chi connectivity index (χ0n) is 22.9. The van der Waals surface area contributed by atoms with Gasteiger partial charge in [-0.05, 0) is 67.1 Å². The maximum absolute atomic E-state index is 12.7. The molecule has 0 aromatic heterocycles. The third-order valence-electron chi connectivity index (χ3n) is 8.30. The van der Waals surface area contributed by atoms with E-state index in [0.717, 1.165) is 19.3 Å². The molecule has 0 aliphatic heterocycles. The summed E-state index contributed by atoms with van der Waals surface area (Å²) in [5.41, 5.74) is 1.01. The van der Waals surface area contributed by atoms with Crippen LogP contribution in [0.25, 0.3) is 0 Å². The van der Waals surface area contributed by atoms with Crippen LogP contribution in [0.1, 0.15) is 66.4 Å². The number of benzene rings is 1. The molecule has 1 fully saturated rings. The van der Waals surface area contributed by atoms with Crippen molar-refractivity contribution in [1.82, 2.24) is 0 Å². The molecule has 0 spiro atoms. The Morgan fingerprint density at radius 1 is 1.26 bits per heavy atom. The molecule has 1 aliphatic rings. The van der Waals surface area contributed by atoms with Crippen molar-refractivity contribution in [3.05, 3.63) is 48.6 Å². The predicted octanol–water partition coefficient (Wildman–Crippen LogP) is 7.40. The van der Waals surface area contributed by atoms with Crippen LogP contribution >= 0.6 is 0 Å². The molecule has 0 N–H and O–H groups in total. The Kier molecular flexibility index (Phi) is 10.2. The fourth-order valence-electron chi connectivity index (χ4n) is 4.94. The van der Waals surface area contributed by atoms with Crippen LogP contribution in [0.15, 0.2) is 43.0 Å². The standard InChI is InChI=1S/C29H48O4Si/c1-10-29(7)20-26(33-34(8,9)28(4,5)6)24(19-25(29)22(3)27(30)32-11-2)17-18-31-21-23-15-13-12-14-16-23/h10,12-16,22,24-26H,1,11,17-21H2,2-9H3/t22?,24-,25?,26+,29?/m0/s1. The molecule has 0 saturated heterocycles. The molecule has 192 valence electrons. The van der Waals surface area contributed by atoms with Crippen LogP contribution in [0.2, 0.25) is 18.1 Å². The zero-order valence-corrected chi connectivity index (χ0v) is 23.9. The lowest BCUT2D eigenvalue weighted by Crippen LogP contribution is -2.52. The van der Waals surface area contributed by atoms with E-state index in [4.69, 9.17) is 13.9 Å². The molecular formula is C29H48O4Si. The van der Waals surface area contributed by atoms with E-state index in [-0.39, 0.29) is 34.4 Å². The van der Waals surface area contributed by atoms with E-state index >= 15 is 0 Å². The van der Waals surface area contributed by atoms with Crippen molar-refractivity contribution >= 4 is 14.3 Å². The van der Waals surface area contributed by atoms with Crippen LogP contribution in [0.4, 0.5) is 0 Å². The summed E-state index contributed by atoms with van der Waals surface area (Å²) >= 11 is 0. The molecular weight excluding hydrogens is 440 g/mol. The second-order valence-corrected chi connectivity index (χ2v) is 16.6. The van der Waals surface area contributed by atoms with Gasteiger partial charge in [-0.15, -0.1) is 6.58 Å². The Morgan fingerprint density at radius 3 is 2.47 bits per heavy atom. The van der Waals surface area contributed by atoms with E-state index in [1.54, 1.807) is 0 Å². The van der Waals surface area contributed by atoms with E-state index in [1.165, 1.54) is 5.56 Å². The number of ether oxygens (including phenoxy) is 2. The number of hydrogen-bond acceptors (Lipinski definition) is 4. The molecule has 1 aromatic carbocycles. The van der Waals surface area contributed by atoms with E-state index in [2.05, 4.69) is 65.6 Å². The molecule has 1 aromatic rings. The molecule has 4 nitrogen and oxygen atoms in total. The summed E-state index contributed by atoms with van der Waals surface area (Å²) in [5.74, 6) is 0.218. The number of rotatable bonds is 11. The monoisotopic (exact) mass is 488 g/mol. The summed E-state index contributed by atoms with van der Waals surface area (Å²) < 4.78 is 18.5. The third kappa shape index (κ3) is 7.28. The number of allylic oxidation sites excluding steroid dienone is 1. The normalized spacial score (nSPS) is 26.6. The van der Waals surface area contributed by atoms with Crippen molar-refractivity contribution in [2.75, 3.05) is 13.2 Å². The topological polar surface area (TPSA) is 44.8 Å². The fourth-order valence-corrected chi connectivity index (χ4v) is 6.33. The molecule has 5 heteroatoms. The first-order valence-corrected chi connectivity index (χ1v) is 15.8. The molecule has 2 rings (SSSR count). The molecule has 1 aliphatic carbocycles. The molecule has 0 amide bonds. The van der Waals surface area contributed by atoms with E-state index < -0.39 is 8.32 Å². The van der Waals surface area contributed by atoms with Gasteiger partial charge in [-0.3, -0.25) is 4.79 Å². The second kappa shape index (κ2) is 12.0. The van der Waals surface area contributed by atoms with Gasteiger partial charge >= 0.3 is 5.97 Å². The highest BCUT2D eigenvalue weighted by Crippen LogP contribution is 2.51. The Balaban J connectivity index is 2.21. The Bertz CT molecular complexity index is 785. The first-order valence-electron chi connectivity index (χ1n) is 12.9. The maximum Gasteiger partial charge on any atom is 0.308 e. The first kappa shape index (κ1) is 28.8. The third-order valence-corrected chi connectivity index (χ3v) is 12.8. The van der Waals surface area contributed by atoms with Crippen LogP contribution in [-0.4, -0.2) is 33.6 Å². The van der Waals surface area contributed by atoms with Crippen LogP contribution in [0.5, 0.6) is 0 Å². The van der Waals surface area contributed by atoms with E-state index in [9.17, 15) is 4.79 Å². The van der Waals surface area contributed by atoms with Crippen LogP contribution in [-0.2, 0) is 25.3 Å². The SMILES string of the molecule is C=CC1(C)C[C@@H](O[Si](C)(C)C(C)(C)C)[C@@H](CCOCc2ccccc2)CC1C(C)C(=O)OCC. The molecule has 0 radical (unpaired) electrons. The van der Waals surface area contributed by atoms with Gasteiger partial charge in [-0.25, -0.2) is 0 Å². The number of carbonyl (C=O) groups is 1. The molecule has 0 bridgehead atoms. The lowest BCUT2D eigenvalue weighted by Gasteiger charge is -2.51. The quantitative estimate of drug-likeness (QED) is 0.141. The summed E-state index contributed by atoms with van der Waals surface area (Å²) in [6.45, 7) is 23.6. The van der Waals surface area contributed by atoms with Crippen molar-refractivity contribution in [2.45, 2.75) is 91.6 Å². The number of esters is 1. The molecule has 0 heterocycles. The summed E-state index contributed by atoms with van der Waals surface area (Å²) in [4.78, 5) is 12.7. The van der Waals surface area contributed by atoms with Crippen molar-refractivity contribution in [1.29, 1.82) is 0 Å². The Morgan fingerprint density at radius 2 is 1.91 bits per heavy atom. The number of carbonyl (C=O) groups excluding carboxylic acids is 1. The lowest BCUT2D eigenvalue weighted by atomic mass is 9.59. The van der Waals surface area contributed by atoms with Crippen LogP contribution < -0.4 is 0 Å². The molecule has 3 unspecified atom stereocenters. The minimum atomic E-state index is -1.96. The van der Waals surface area contributed by atoms with Crippen molar-refractivity contribution in [3.63, 3.8) is 0 Å². The van der Waals surface area contributed by atoms with Gasteiger partial charge in [0.1, 0.15) is 0 Å². The second-order valence-electron chi connectivity index (χ2n) is 11.8. The highest BCUT2D eigenvalue weighted by atomic mass is 28.4. The fraction of sp³-hybridized carbons (Fsp3) is 0.690. The largest absolute Gasteiger partial charge is 0.466 e. The molecule has 34 heavy (non-hydrogen) atoms. The average molecular weight is 489 g/mol.